The number of hydrogen-bond acceptors (Lipinski definition) is 3. The maximum absolute atomic E-state index is 12.1. The van der Waals surface area contributed by atoms with Gasteiger partial charge >= 0.3 is 0 Å². The summed E-state index contributed by atoms with van der Waals surface area (Å²) in [5.41, 5.74) is 9.63. The van der Waals surface area contributed by atoms with Crippen LogP contribution >= 0.6 is 11.3 Å². The highest BCUT2D eigenvalue weighted by atomic mass is 32.2. The number of rotatable bonds is 4. The van der Waals surface area contributed by atoms with Crippen molar-refractivity contribution in [1.29, 1.82) is 0 Å². The molecular weight excluding hydrogens is 262 g/mol. The summed E-state index contributed by atoms with van der Waals surface area (Å²) in [5.74, 6) is 0.477. The zero-order chi connectivity index (χ0) is 13.1. The highest BCUT2D eigenvalue weighted by Gasteiger charge is 2.14. The van der Waals surface area contributed by atoms with Crippen LogP contribution in [0.2, 0.25) is 0 Å². The molecule has 0 aliphatic rings. The van der Waals surface area contributed by atoms with E-state index in [1.165, 1.54) is 16.9 Å². The summed E-state index contributed by atoms with van der Waals surface area (Å²) in [6.07, 6.45) is 0. The van der Waals surface area contributed by atoms with Crippen LogP contribution in [0.5, 0.6) is 0 Å². The van der Waals surface area contributed by atoms with E-state index in [1.807, 2.05) is 31.4 Å². The van der Waals surface area contributed by atoms with Crippen molar-refractivity contribution >= 4 is 22.1 Å². The third-order valence-corrected chi connectivity index (χ3v) is 5.64. The van der Waals surface area contributed by atoms with Gasteiger partial charge in [-0.05, 0) is 36.4 Å². The Balaban J connectivity index is 2.14. The summed E-state index contributed by atoms with van der Waals surface area (Å²) in [5, 5.41) is 1.94. The summed E-state index contributed by atoms with van der Waals surface area (Å²) in [4.78, 5) is 0. The molecule has 0 saturated heterocycles. The summed E-state index contributed by atoms with van der Waals surface area (Å²) in [6.45, 7) is 4.09. The van der Waals surface area contributed by atoms with Gasteiger partial charge in [0.15, 0.2) is 0 Å². The average molecular weight is 279 g/mol. The molecule has 0 aliphatic carbocycles. The molecule has 0 fully saturated rings. The van der Waals surface area contributed by atoms with E-state index in [0.29, 0.717) is 5.75 Å². The van der Waals surface area contributed by atoms with Crippen molar-refractivity contribution in [2.24, 2.45) is 5.73 Å². The van der Waals surface area contributed by atoms with Crippen LogP contribution in [0.1, 0.15) is 22.7 Å². The average Bonchev–Trinajstić information content (AvgIpc) is 2.85. The minimum absolute atomic E-state index is 0.173. The van der Waals surface area contributed by atoms with E-state index < -0.39 is 10.8 Å². The molecule has 2 unspecified atom stereocenters. The fourth-order valence-corrected chi connectivity index (χ4v) is 4.04. The lowest BCUT2D eigenvalue weighted by Gasteiger charge is -2.14. The Morgan fingerprint density at radius 3 is 2.78 bits per heavy atom. The molecule has 2 atom stereocenters. The number of aryl methyl sites for hydroxylation is 2. The van der Waals surface area contributed by atoms with Crippen LogP contribution in [0.3, 0.4) is 0 Å². The van der Waals surface area contributed by atoms with Crippen LogP contribution in [0.15, 0.2) is 39.9 Å². The van der Waals surface area contributed by atoms with Crippen molar-refractivity contribution < 1.29 is 4.21 Å². The molecule has 1 aromatic heterocycles. The fourth-order valence-electron chi connectivity index (χ4n) is 1.89. The van der Waals surface area contributed by atoms with Crippen molar-refractivity contribution in [2.75, 3.05) is 5.75 Å². The molecule has 4 heteroatoms. The van der Waals surface area contributed by atoms with Gasteiger partial charge in [0.25, 0.3) is 0 Å². The summed E-state index contributed by atoms with van der Waals surface area (Å²) < 4.78 is 13.0. The first kappa shape index (κ1) is 13.5. The fraction of sp³-hybridized carbons (Fsp3) is 0.286. The number of thiophene rings is 1. The molecule has 2 nitrogen and oxygen atoms in total. The van der Waals surface area contributed by atoms with Crippen LogP contribution < -0.4 is 5.73 Å². The second kappa shape index (κ2) is 5.78. The van der Waals surface area contributed by atoms with Crippen LogP contribution in [0.4, 0.5) is 0 Å². The molecule has 2 N–H and O–H groups in total. The molecule has 1 aromatic carbocycles. The Hall–Kier alpha value is -0.970. The maximum atomic E-state index is 12.1. The molecule has 18 heavy (non-hydrogen) atoms. The Morgan fingerprint density at radius 2 is 2.11 bits per heavy atom. The zero-order valence-corrected chi connectivity index (χ0v) is 12.2. The van der Waals surface area contributed by atoms with Gasteiger partial charge < -0.3 is 5.73 Å². The highest BCUT2D eigenvalue weighted by Crippen LogP contribution is 2.21. The largest absolute Gasteiger partial charge is 0.323 e. The van der Waals surface area contributed by atoms with Crippen molar-refractivity contribution in [2.45, 2.75) is 24.1 Å². The Kier molecular flexibility index (Phi) is 4.32. The van der Waals surface area contributed by atoms with Crippen LogP contribution in [0.25, 0.3) is 0 Å². The van der Waals surface area contributed by atoms with Crippen molar-refractivity contribution in [1.82, 2.24) is 0 Å². The van der Waals surface area contributed by atoms with E-state index >= 15 is 0 Å². The van der Waals surface area contributed by atoms with Crippen LogP contribution in [0, 0.1) is 13.8 Å². The molecule has 0 aliphatic heterocycles. The monoisotopic (exact) mass is 279 g/mol. The Morgan fingerprint density at radius 1 is 1.33 bits per heavy atom. The Bertz CT molecular complexity index is 549. The van der Waals surface area contributed by atoms with Crippen molar-refractivity contribution in [3.05, 3.63) is 52.4 Å². The minimum atomic E-state index is -1.00. The van der Waals surface area contributed by atoms with E-state index in [4.69, 9.17) is 5.73 Å². The molecule has 0 saturated carbocycles. The standard InChI is InChI=1S/C14H17NOS2/c1-10-5-6-11(2)12(8-10)13(15)9-18(16)14-4-3-7-17-14/h3-8,13H,9,15H2,1-2H3. The molecule has 0 spiro atoms. The quantitative estimate of drug-likeness (QED) is 0.934. The molecule has 96 valence electrons. The molecule has 1 heterocycles. The van der Waals surface area contributed by atoms with Gasteiger partial charge in [-0.1, -0.05) is 29.8 Å². The summed E-state index contributed by atoms with van der Waals surface area (Å²) in [6, 6.07) is 9.87. The van der Waals surface area contributed by atoms with E-state index in [1.54, 1.807) is 0 Å². The van der Waals surface area contributed by atoms with Gasteiger partial charge in [0.1, 0.15) is 0 Å². The van der Waals surface area contributed by atoms with Crippen molar-refractivity contribution in [3.8, 4) is 0 Å². The number of benzene rings is 1. The van der Waals surface area contributed by atoms with Crippen molar-refractivity contribution in [3.63, 3.8) is 0 Å². The first-order valence-electron chi connectivity index (χ1n) is 5.82. The second-order valence-electron chi connectivity index (χ2n) is 4.41. The molecule has 0 amide bonds. The maximum Gasteiger partial charge on any atom is 0.0911 e. The number of nitrogens with two attached hydrogens (primary N) is 1. The normalized spacial score (nSPS) is 14.4. The van der Waals surface area contributed by atoms with E-state index in [2.05, 4.69) is 18.2 Å². The zero-order valence-electron chi connectivity index (χ0n) is 10.6. The molecular formula is C14H17NOS2. The third kappa shape index (κ3) is 3.07. The lowest BCUT2D eigenvalue weighted by atomic mass is 10.0. The highest BCUT2D eigenvalue weighted by molar-refractivity contribution is 7.87. The van der Waals surface area contributed by atoms with Crippen LogP contribution in [-0.2, 0) is 10.8 Å². The van der Waals surface area contributed by atoms with Gasteiger partial charge in [-0.15, -0.1) is 11.3 Å². The lowest BCUT2D eigenvalue weighted by Crippen LogP contribution is -2.19. The topological polar surface area (TPSA) is 43.1 Å². The molecule has 0 bridgehead atoms. The van der Waals surface area contributed by atoms with Gasteiger partial charge in [0.2, 0.25) is 0 Å². The predicted molar refractivity (Wildman–Crippen MR) is 78.4 cm³/mol. The van der Waals surface area contributed by atoms with Crippen LogP contribution in [-0.4, -0.2) is 9.96 Å². The van der Waals surface area contributed by atoms with E-state index in [-0.39, 0.29) is 6.04 Å². The van der Waals surface area contributed by atoms with Gasteiger partial charge in [-0.2, -0.15) is 0 Å². The molecule has 0 radical (unpaired) electrons. The molecule has 2 aromatic rings. The number of hydrogen-bond donors (Lipinski definition) is 1. The van der Waals surface area contributed by atoms with E-state index in [0.717, 1.165) is 15.3 Å². The predicted octanol–water partition coefficient (Wildman–Crippen LogP) is 3.17. The Labute approximate surface area is 114 Å². The first-order chi connectivity index (χ1) is 8.58. The smallest absolute Gasteiger partial charge is 0.0911 e. The molecule has 2 rings (SSSR count). The first-order valence-corrected chi connectivity index (χ1v) is 8.02. The SMILES string of the molecule is Cc1ccc(C)c(C(N)CS(=O)c2cccs2)c1. The summed E-state index contributed by atoms with van der Waals surface area (Å²) >= 11 is 1.52. The third-order valence-electron chi connectivity index (χ3n) is 2.88. The van der Waals surface area contributed by atoms with E-state index in [9.17, 15) is 4.21 Å². The van der Waals surface area contributed by atoms with Gasteiger partial charge in [0.05, 0.1) is 15.0 Å². The lowest BCUT2D eigenvalue weighted by molar-refractivity contribution is 0.676. The van der Waals surface area contributed by atoms with Gasteiger partial charge in [-0.3, -0.25) is 4.21 Å². The summed E-state index contributed by atoms with van der Waals surface area (Å²) in [7, 11) is -1.00. The second-order valence-corrected chi connectivity index (χ2v) is 7.08. The van der Waals surface area contributed by atoms with Gasteiger partial charge in [-0.25, -0.2) is 0 Å². The van der Waals surface area contributed by atoms with Gasteiger partial charge in [0, 0.05) is 11.8 Å². The minimum Gasteiger partial charge on any atom is -0.323 e.